The van der Waals surface area contributed by atoms with E-state index in [0.29, 0.717) is 12.0 Å². The minimum Gasteiger partial charge on any atom is -0.392 e. The molecule has 0 bridgehead atoms. The quantitative estimate of drug-likeness (QED) is 0.879. The summed E-state index contributed by atoms with van der Waals surface area (Å²) in [5.41, 5.74) is 0.127. The van der Waals surface area contributed by atoms with E-state index in [-0.39, 0.29) is 11.6 Å². The highest BCUT2D eigenvalue weighted by molar-refractivity contribution is 7.89. The smallest absolute Gasteiger partial charge is 0.260 e. The Morgan fingerprint density at radius 2 is 2.00 bits per heavy atom. The monoisotopic (exact) mass is 272 g/mol. The molecular formula is C12H20N2O3S. The largest absolute Gasteiger partial charge is 0.392 e. The van der Waals surface area contributed by atoms with Crippen LogP contribution in [0.1, 0.15) is 32.8 Å². The average molecular weight is 272 g/mol. The van der Waals surface area contributed by atoms with Gasteiger partial charge in [-0.3, -0.25) is 0 Å². The van der Waals surface area contributed by atoms with Crippen LogP contribution in [-0.2, 0) is 16.6 Å². The first kappa shape index (κ1) is 15.1. The third-order valence-corrected chi connectivity index (χ3v) is 5.31. The van der Waals surface area contributed by atoms with E-state index < -0.39 is 15.6 Å². The first-order chi connectivity index (χ1) is 8.25. The van der Waals surface area contributed by atoms with Crippen LogP contribution in [0.5, 0.6) is 0 Å². The van der Waals surface area contributed by atoms with Crippen molar-refractivity contribution in [3.05, 3.63) is 23.9 Å². The second-order valence-electron chi connectivity index (χ2n) is 4.80. The van der Waals surface area contributed by atoms with Crippen LogP contribution in [0.15, 0.2) is 23.4 Å². The summed E-state index contributed by atoms with van der Waals surface area (Å²) >= 11 is 0. The summed E-state index contributed by atoms with van der Waals surface area (Å²) in [6.07, 6.45) is 2.08. The lowest BCUT2D eigenvalue weighted by Gasteiger charge is -2.33. The van der Waals surface area contributed by atoms with E-state index in [9.17, 15) is 8.42 Å². The number of hydrogen-bond donors (Lipinski definition) is 1. The summed E-state index contributed by atoms with van der Waals surface area (Å²) in [7, 11) is -2.04. The predicted molar refractivity (Wildman–Crippen MR) is 69.5 cm³/mol. The molecule has 1 rings (SSSR count). The summed E-state index contributed by atoms with van der Waals surface area (Å²) in [6.45, 7) is 5.53. The van der Waals surface area contributed by atoms with Gasteiger partial charge in [0.05, 0.1) is 6.61 Å². The lowest BCUT2D eigenvalue weighted by molar-refractivity contribution is 0.256. The average Bonchev–Trinajstić information content (AvgIpc) is 2.37. The van der Waals surface area contributed by atoms with Gasteiger partial charge in [0.15, 0.2) is 5.03 Å². The van der Waals surface area contributed by atoms with Crippen molar-refractivity contribution in [2.45, 2.75) is 44.4 Å². The fourth-order valence-corrected chi connectivity index (χ4v) is 2.83. The molecule has 18 heavy (non-hydrogen) atoms. The summed E-state index contributed by atoms with van der Waals surface area (Å²) in [4.78, 5) is 3.90. The van der Waals surface area contributed by atoms with E-state index in [0.717, 1.165) is 0 Å². The molecule has 0 aliphatic rings. The number of aliphatic hydroxyl groups is 1. The van der Waals surface area contributed by atoms with E-state index in [2.05, 4.69) is 4.98 Å². The van der Waals surface area contributed by atoms with Gasteiger partial charge in [-0.2, -0.15) is 4.31 Å². The van der Waals surface area contributed by atoms with Crippen molar-refractivity contribution in [3.63, 3.8) is 0 Å². The van der Waals surface area contributed by atoms with E-state index in [1.165, 1.54) is 16.6 Å². The van der Waals surface area contributed by atoms with E-state index in [1.807, 2.05) is 20.8 Å². The molecular weight excluding hydrogens is 252 g/mol. The van der Waals surface area contributed by atoms with Crippen molar-refractivity contribution in [1.29, 1.82) is 0 Å². The van der Waals surface area contributed by atoms with Gasteiger partial charge in [0.25, 0.3) is 10.0 Å². The normalized spacial score (nSPS) is 13.0. The van der Waals surface area contributed by atoms with Crippen LogP contribution < -0.4 is 0 Å². The van der Waals surface area contributed by atoms with Crippen molar-refractivity contribution in [2.75, 3.05) is 7.05 Å². The topological polar surface area (TPSA) is 70.5 Å². The SMILES string of the molecule is CCC(C)(C)N(C)S(=O)(=O)c1ccc(CO)cn1. The summed E-state index contributed by atoms with van der Waals surface area (Å²) in [5, 5.41) is 8.91. The number of hydrogen-bond acceptors (Lipinski definition) is 4. The molecule has 1 aromatic heterocycles. The molecule has 5 nitrogen and oxygen atoms in total. The van der Waals surface area contributed by atoms with Gasteiger partial charge >= 0.3 is 0 Å². The molecule has 0 fully saturated rings. The molecule has 0 atom stereocenters. The Morgan fingerprint density at radius 3 is 2.39 bits per heavy atom. The van der Waals surface area contributed by atoms with Crippen molar-refractivity contribution < 1.29 is 13.5 Å². The van der Waals surface area contributed by atoms with Crippen molar-refractivity contribution in [3.8, 4) is 0 Å². The Kier molecular flexibility index (Phi) is 4.47. The minimum atomic E-state index is -3.59. The van der Waals surface area contributed by atoms with Crippen LogP contribution in [0.25, 0.3) is 0 Å². The molecule has 0 amide bonds. The first-order valence-corrected chi connectivity index (χ1v) is 7.24. The Labute approximate surface area is 109 Å². The Bertz CT molecular complexity index is 495. The maximum absolute atomic E-state index is 12.3. The van der Waals surface area contributed by atoms with Gasteiger partial charge in [-0.25, -0.2) is 13.4 Å². The highest BCUT2D eigenvalue weighted by Gasteiger charge is 2.33. The molecule has 1 heterocycles. The third-order valence-electron chi connectivity index (χ3n) is 3.32. The van der Waals surface area contributed by atoms with E-state index in [4.69, 9.17) is 5.11 Å². The molecule has 0 saturated heterocycles. The van der Waals surface area contributed by atoms with Gasteiger partial charge in [0.2, 0.25) is 0 Å². The van der Waals surface area contributed by atoms with Crippen LogP contribution in [0.4, 0.5) is 0 Å². The lowest BCUT2D eigenvalue weighted by Crippen LogP contribution is -2.44. The summed E-state index contributed by atoms with van der Waals surface area (Å²) < 4.78 is 26.0. The fourth-order valence-electron chi connectivity index (χ4n) is 1.35. The van der Waals surface area contributed by atoms with Crippen molar-refractivity contribution in [1.82, 2.24) is 9.29 Å². The number of aromatic nitrogens is 1. The van der Waals surface area contributed by atoms with Crippen LogP contribution >= 0.6 is 0 Å². The number of pyridine rings is 1. The van der Waals surface area contributed by atoms with Crippen LogP contribution in [0.3, 0.4) is 0 Å². The molecule has 0 aliphatic heterocycles. The first-order valence-electron chi connectivity index (χ1n) is 5.80. The van der Waals surface area contributed by atoms with E-state index in [1.54, 1.807) is 13.1 Å². The Morgan fingerprint density at radius 1 is 1.39 bits per heavy atom. The third kappa shape index (κ3) is 2.88. The standard InChI is InChI=1S/C12H20N2O3S/c1-5-12(2,3)14(4)18(16,17)11-7-6-10(9-15)8-13-11/h6-8,15H,5,9H2,1-4H3. The number of aliphatic hydroxyl groups excluding tert-OH is 1. The zero-order valence-corrected chi connectivity index (χ0v) is 12.0. The van der Waals surface area contributed by atoms with Crippen molar-refractivity contribution in [2.24, 2.45) is 0 Å². The minimum absolute atomic E-state index is 0.00345. The molecule has 0 radical (unpaired) electrons. The van der Waals surface area contributed by atoms with Crippen LogP contribution in [0, 0.1) is 0 Å². The molecule has 0 aromatic carbocycles. The maximum atomic E-state index is 12.3. The van der Waals surface area contributed by atoms with Gasteiger partial charge < -0.3 is 5.11 Å². The summed E-state index contributed by atoms with van der Waals surface area (Å²) in [5.74, 6) is 0. The van der Waals surface area contributed by atoms with Gasteiger partial charge in [-0.05, 0) is 31.9 Å². The number of sulfonamides is 1. The predicted octanol–water partition coefficient (Wildman–Crippen LogP) is 1.38. The van der Waals surface area contributed by atoms with Crippen LogP contribution in [-0.4, -0.2) is 35.4 Å². The zero-order valence-electron chi connectivity index (χ0n) is 11.2. The second-order valence-corrected chi connectivity index (χ2v) is 6.72. The molecule has 1 aromatic rings. The fraction of sp³-hybridized carbons (Fsp3) is 0.583. The molecule has 0 aliphatic carbocycles. The highest BCUT2D eigenvalue weighted by Crippen LogP contribution is 2.24. The van der Waals surface area contributed by atoms with E-state index >= 15 is 0 Å². The number of rotatable bonds is 5. The number of nitrogens with zero attached hydrogens (tertiary/aromatic N) is 2. The summed E-state index contributed by atoms with van der Waals surface area (Å²) in [6, 6.07) is 2.98. The molecule has 6 heteroatoms. The molecule has 0 unspecified atom stereocenters. The zero-order chi connectivity index (χ0) is 14.0. The molecule has 0 spiro atoms. The maximum Gasteiger partial charge on any atom is 0.260 e. The highest BCUT2D eigenvalue weighted by atomic mass is 32.2. The van der Waals surface area contributed by atoms with Gasteiger partial charge in [-0.1, -0.05) is 13.0 Å². The Hall–Kier alpha value is -0.980. The molecule has 102 valence electrons. The van der Waals surface area contributed by atoms with Crippen molar-refractivity contribution >= 4 is 10.0 Å². The van der Waals surface area contributed by atoms with Gasteiger partial charge in [-0.15, -0.1) is 0 Å². The second kappa shape index (κ2) is 5.34. The lowest BCUT2D eigenvalue weighted by atomic mass is 10.0. The van der Waals surface area contributed by atoms with Gasteiger partial charge in [0.1, 0.15) is 0 Å². The molecule has 0 saturated carbocycles. The molecule has 1 N–H and O–H groups in total. The van der Waals surface area contributed by atoms with Crippen LogP contribution in [0.2, 0.25) is 0 Å². The Balaban J connectivity index is 3.13. The van der Waals surface area contributed by atoms with Gasteiger partial charge in [0, 0.05) is 18.8 Å².